The van der Waals surface area contributed by atoms with E-state index in [1.807, 2.05) is 36.7 Å². The number of carbonyl (C=O) groups is 1. The third-order valence-electron chi connectivity index (χ3n) is 3.61. The predicted molar refractivity (Wildman–Crippen MR) is 74.1 cm³/mol. The number of rotatable bonds is 4. The molecule has 20 heavy (non-hydrogen) atoms. The Labute approximate surface area is 117 Å². The van der Waals surface area contributed by atoms with E-state index in [2.05, 4.69) is 14.5 Å². The van der Waals surface area contributed by atoms with E-state index in [-0.39, 0.29) is 6.42 Å². The lowest BCUT2D eigenvalue weighted by Crippen LogP contribution is -2.33. The minimum Gasteiger partial charge on any atom is -0.481 e. The van der Waals surface area contributed by atoms with Crippen LogP contribution in [0.25, 0.3) is 0 Å². The van der Waals surface area contributed by atoms with Gasteiger partial charge in [0.2, 0.25) is 0 Å². The van der Waals surface area contributed by atoms with Crippen molar-refractivity contribution in [2.45, 2.75) is 26.1 Å². The van der Waals surface area contributed by atoms with Crippen molar-refractivity contribution in [2.75, 3.05) is 6.54 Å². The Hall–Kier alpha value is -2.14. The number of nitrogens with zero attached hydrogens (tertiary/aromatic N) is 3. The molecule has 2 heterocycles. The molecule has 0 fully saturated rings. The third-order valence-corrected chi connectivity index (χ3v) is 3.61. The van der Waals surface area contributed by atoms with Crippen LogP contribution in [0.3, 0.4) is 0 Å². The lowest BCUT2D eigenvalue weighted by atomic mass is 10.1. The Kier molecular flexibility index (Phi) is 3.52. The van der Waals surface area contributed by atoms with Gasteiger partial charge in [0.15, 0.2) is 0 Å². The second-order valence-corrected chi connectivity index (χ2v) is 5.13. The second-order valence-electron chi connectivity index (χ2n) is 5.13. The van der Waals surface area contributed by atoms with Crippen LogP contribution in [0.15, 0.2) is 36.7 Å². The summed E-state index contributed by atoms with van der Waals surface area (Å²) in [6.45, 7) is 3.73. The number of aliphatic carboxylic acids is 1. The molecule has 0 atom stereocenters. The second kappa shape index (κ2) is 5.46. The highest BCUT2D eigenvalue weighted by molar-refractivity contribution is 5.70. The fourth-order valence-electron chi connectivity index (χ4n) is 2.55. The molecule has 1 aliphatic rings. The average Bonchev–Trinajstić information content (AvgIpc) is 2.88. The van der Waals surface area contributed by atoms with E-state index in [9.17, 15) is 4.79 Å². The number of hydrogen-bond acceptors (Lipinski definition) is 3. The Balaban J connectivity index is 1.62. The number of carboxylic acids is 1. The highest BCUT2D eigenvalue weighted by Crippen LogP contribution is 2.14. The smallest absolute Gasteiger partial charge is 0.307 e. The fourth-order valence-corrected chi connectivity index (χ4v) is 2.55. The van der Waals surface area contributed by atoms with E-state index < -0.39 is 5.97 Å². The van der Waals surface area contributed by atoms with Gasteiger partial charge in [-0.05, 0) is 11.1 Å². The van der Waals surface area contributed by atoms with E-state index >= 15 is 0 Å². The van der Waals surface area contributed by atoms with Crippen molar-refractivity contribution in [3.63, 3.8) is 0 Å². The fraction of sp³-hybridized carbons (Fsp3) is 0.333. The SMILES string of the molecule is O=C(O)Cc1ccc(CN2CCn3ccnc3C2)cc1. The minimum atomic E-state index is -0.791. The summed E-state index contributed by atoms with van der Waals surface area (Å²) in [5, 5.41) is 8.75. The summed E-state index contributed by atoms with van der Waals surface area (Å²) in [7, 11) is 0. The minimum absolute atomic E-state index is 0.0848. The van der Waals surface area contributed by atoms with Crippen molar-refractivity contribution in [1.29, 1.82) is 0 Å². The van der Waals surface area contributed by atoms with Crippen LogP contribution in [-0.4, -0.2) is 32.1 Å². The van der Waals surface area contributed by atoms with Gasteiger partial charge >= 0.3 is 5.97 Å². The van der Waals surface area contributed by atoms with Crippen molar-refractivity contribution in [3.8, 4) is 0 Å². The van der Waals surface area contributed by atoms with Gasteiger partial charge in [0.25, 0.3) is 0 Å². The molecule has 1 aromatic heterocycles. The summed E-state index contributed by atoms with van der Waals surface area (Å²) >= 11 is 0. The summed E-state index contributed by atoms with van der Waals surface area (Å²) in [5.41, 5.74) is 2.05. The maximum atomic E-state index is 10.6. The lowest BCUT2D eigenvalue weighted by Gasteiger charge is -2.27. The first kappa shape index (κ1) is 12.9. The molecule has 0 saturated carbocycles. The molecule has 0 bridgehead atoms. The molecule has 0 saturated heterocycles. The van der Waals surface area contributed by atoms with E-state index in [1.54, 1.807) is 0 Å². The van der Waals surface area contributed by atoms with Gasteiger partial charge in [0.05, 0.1) is 13.0 Å². The van der Waals surface area contributed by atoms with Gasteiger partial charge in [-0.3, -0.25) is 9.69 Å². The number of fused-ring (bicyclic) bond motifs is 1. The standard InChI is InChI=1S/C15H17N3O2/c19-15(20)9-12-1-3-13(4-2-12)10-17-7-8-18-6-5-16-14(18)11-17/h1-6H,7-11H2,(H,19,20). The first-order valence-corrected chi connectivity index (χ1v) is 6.73. The van der Waals surface area contributed by atoms with Crippen LogP contribution in [0.2, 0.25) is 0 Å². The van der Waals surface area contributed by atoms with E-state index in [0.29, 0.717) is 0 Å². The topological polar surface area (TPSA) is 58.4 Å². The third kappa shape index (κ3) is 2.88. The first-order chi connectivity index (χ1) is 9.70. The normalized spacial score (nSPS) is 15.0. The van der Waals surface area contributed by atoms with Crippen LogP contribution in [0.5, 0.6) is 0 Å². The molecule has 0 radical (unpaired) electrons. The monoisotopic (exact) mass is 271 g/mol. The molecule has 0 amide bonds. The maximum Gasteiger partial charge on any atom is 0.307 e. The van der Waals surface area contributed by atoms with E-state index in [0.717, 1.165) is 37.6 Å². The Morgan fingerprint density at radius 1 is 1.20 bits per heavy atom. The zero-order valence-electron chi connectivity index (χ0n) is 11.2. The van der Waals surface area contributed by atoms with Crippen molar-refractivity contribution >= 4 is 5.97 Å². The van der Waals surface area contributed by atoms with Crippen LogP contribution in [0.1, 0.15) is 17.0 Å². The number of benzene rings is 1. The Morgan fingerprint density at radius 2 is 1.95 bits per heavy atom. The average molecular weight is 271 g/mol. The molecule has 104 valence electrons. The first-order valence-electron chi connectivity index (χ1n) is 6.73. The molecule has 1 aromatic carbocycles. The summed E-state index contributed by atoms with van der Waals surface area (Å²) < 4.78 is 2.19. The molecule has 1 N–H and O–H groups in total. The van der Waals surface area contributed by atoms with Crippen molar-refractivity contribution in [3.05, 3.63) is 53.6 Å². The van der Waals surface area contributed by atoms with Crippen molar-refractivity contribution in [1.82, 2.24) is 14.5 Å². The Morgan fingerprint density at radius 3 is 2.70 bits per heavy atom. The number of carboxylic acid groups (broad SMARTS) is 1. The van der Waals surface area contributed by atoms with Crippen LogP contribution in [-0.2, 0) is 30.8 Å². The van der Waals surface area contributed by atoms with Crippen molar-refractivity contribution in [2.24, 2.45) is 0 Å². The summed E-state index contributed by atoms with van der Waals surface area (Å²) in [5.74, 6) is 0.319. The molecule has 5 heteroatoms. The van der Waals surface area contributed by atoms with Crippen LogP contribution in [0, 0.1) is 0 Å². The lowest BCUT2D eigenvalue weighted by molar-refractivity contribution is -0.136. The highest BCUT2D eigenvalue weighted by atomic mass is 16.4. The van der Waals surface area contributed by atoms with Gasteiger partial charge in [-0.2, -0.15) is 0 Å². The zero-order chi connectivity index (χ0) is 13.9. The molecule has 2 aromatic rings. The van der Waals surface area contributed by atoms with Crippen LogP contribution >= 0.6 is 0 Å². The molecule has 0 unspecified atom stereocenters. The molecular weight excluding hydrogens is 254 g/mol. The van der Waals surface area contributed by atoms with Gasteiger partial charge in [-0.25, -0.2) is 4.98 Å². The van der Waals surface area contributed by atoms with Crippen molar-refractivity contribution < 1.29 is 9.90 Å². The molecular formula is C15H17N3O2. The summed E-state index contributed by atoms with van der Waals surface area (Å²) in [6.07, 6.45) is 3.95. The van der Waals surface area contributed by atoms with Gasteiger partial charge < -0.3 is 9.67 Å². The maximum absolute atomic E-state index is 10.6. The largest absolute Gasteiger partial charge is 0.481 e. The van der Waals surface area contributed by atoms with Gasteiger partial charge in [0.1, 0.15) is 5.82 Å². The van der Waals surface area contributed by atoms with Gasteiger partial charge in [-0.1, -0.05) is 24.3 Å². The molecule has 0 spiro atoms. The van der Waals surface area contributed by atoms with Gasteiger partial charge in [-0.15, -0.1) is 0 Å². The van der Waals surface area contributed by atoms with E-state index in [1.165, 1.54) is 5.56 Å². The number of aromatic nitrogens is 2. The zero-order valence-corrected chi connectivity index (χ0v) is 11.2. The molecule has 3 rings (SSSR count). The summed E-state index contributed by atoms with van der Waals surface area (Å²) in [6, 6.07) is 7.82. The quantitative estimate of drug-likeness (QED) is 0.916. The summed E-state index contributed by atoms with van der Waals surface area (Å²) in [4.78, 5) is 17.4. The van der Waals surface area contributed by atoms with Gasteiger partial charge in [0, 0.05) is 32.0 Å². The molecule has 5 nitrogen and oxygen atoms in total. The molecule has 1 aliphatic heterocycles. The molecule has 0 aliphatic carbocycles. The number of hydrogen-bond donors (Lipinski definition) is 1. The predicted octanol–water partition coefficient (Wildman–Crippen LogP) is 1.53. The van der Waals surface area contributed by atoms with Crippen LogP contribution in [0.4, 0.5) is 0 Å². The van der Waals surface area contributed by atoms with Crippen LogP contribution < -0.4 is 0 Å². The Bertz CT molecular complexity index is 604. The van der Waals surface area contributed by atoms with E-state index in [4.69, 9.17) is 5.11 Å². The number of imidazole rings is 1. The highest BCUT2D eigenvalue weighted by Gasteiger charge is 2.16.